The zero-order valence-corrected chi connectivity index (χ0v) is 12.0. The van der Waals surface area contributed by atoms with E-state index in [2.05, 4.69) is 0 Å². The molecule has 0 fully saturated rings. The van der Waals surface area contributed by atoms with Crippen LogP contribution in [0.4, 0.5) is 0 Å². The van der Waals surface area contributed by atoms with Gasteiger partial charge in [0.25, 0.3) is 0 Å². The zero-order valence-electron chi connectivity index (χ0n) is 11.2. The van der Waals surface area contributed by atoms with Gasteiger partial charge in [-0.05, 0) is 19.1 Å². The van der Waals surface area contributed by atoms with Gasteiger partial charge in [-0.2, -0.15) is 5.26 Å². The Balaban J connectivity index is 2.94. The molecule has 0 saturated carbocycles. The molecule has 3 nitrogen and oxygen atoms in total. The number of nitrogens with zero attached hydrogens (tertiary/aromatic N) is 1. The van der Waals surface area contributed by atoms with Crippen LogP contribution in [0.5, 0.6) is 0 Å². The van der Waals surface area contributed by atoms with Crippen LogP contribution in [0.15, 0.2) is 29.2 Å². The third kappa shape index (κ3) is 3.18. The van der Waals surface area contributed by atoms with Crippen molar-refractivity contribution in [1.82, 2.24) is 0 Å². The van der Waals surface area contributed by atoms with E-state index in [0.717, 1.165) is 5.56 Å². The van der Waals surface area contributed by atoms with Crippen LogP contribution in [0.1, 0.15) is 26.3 Å². The van der Waals surface area contributed by atoms with E-state index in [1.807, 2.05) is 25.1 Å². The van der Waals surface area contributed by atoms with Crippen molar-refractivity contribution >= 4 is 10.8 Å². The first-order valence-electron chi connectivity index (χ1n) is 5.78. The summed E-state index contributed by atoms with van der Waals surface area (Å²) in [6.45, 7) is 7.25. The van der Waals surface area contributed by atoms with Gasteiger partial charge in [-0.3, -0.25) is 4.21 Å². The number of benzene rings is 1. The van der Waals surface area contributed by atoms with Crippen LogP contribution in [0.2, 0.25) is 0 Å². The van der Waals surface area contributed by atoms with E-state index in [0.29, 0.717) is 4.90 Å². The lowest BCUT2D eigenvalue weighted by atomic mass is 9.79. The third-order valence-corrected chi connectivity index (χ3v) is 4.53. The summed E-state index contributed by atoms with van der Waals surface area (Å²) >= 11 is 0. The fourth-order valence-corrected chi connectivity index (χ4v) is 2.86. The summed E-state index contributed by atoms with van der Waals surface area (Å²) in [6, 6.07) is 9.17. The average molecular weight is 265 g/mol. The molecule has 1 N–H and O–H groups in total. The smallest absolute Gasteiger partial charge is 0.167 e. The number of rotatable bonds is 3. The Morgan fingerprint density at radius 1 is 1.28 bits per heavy atom. The van der Waals surface area contributed by atoms with Crippen LogP contribution in [0, 0.1) is 23.7 Å². The van der Waals surface area contributed by atoms with Gasteiger partial charge in [0, 0.05) is 10.3 Å². The summed E-state index contributed by atoms with van der Waals surface area (Å²) in [5, 5.41) is 19.4. The Morgan fingerprint density at radius 2 is 1.78 bits per heavy atom. The Kier molecular flexibility index (Phi) is 4.31. The fraction of sp³-hybridized carbons (Fsp3) is 0.500. The molecular formula is C14H19NO2S. The molecule has 0 aliphatic heterocycles. The molecule has 18 heavy (non-hydrogen) atoms. The highest BCUT2D eigenvalue weighted by molar-refractivity contribution is 7.85. The van der Waals surface area contributed by atoms with Gasteiger partial charge < -0.3 is 5.11 Å². The Labute approximate surface area is 111 Å². The maximum Gasteiger partial charge on any atom is 0.167 e. The van der Waals surface area contributed by atoms with Gasteiger partial charge >= 0.3 is 0 Å². The van der Waals surface area contributed by atoms with Crippen LogP contribution in [-0.2, 0) is 10.8 Å². The monoisotopic (exact) mass is 265 g/mol. The van der Waals surface area contributed by atoms with E-state index in [9.17, 15) is 9.32 Å². The second-order valence-electron chi connectivity index (χ2n) is 5.52. The molecule has 0 aromatic heterocycles. The van der Waals surface area contributed by atoms with Crippen molar-refractivity contribution in [2.75, 3.05) is 5.75 Å². The zero-order chi connectivity index (χ0) is 14.0. The number of nitriles is 1. The molecule has 2 atom stereocenters. The van der Waals surface area contributed by atoms with Crippen molar-refractivity contribution in [1.29, 1.82) is 5.26 Å². The van der Waals surface area contributed by atoms with E-state index in [1.165, 1.54) is 0 Å². The van der Waals surface area contributed by atoms with Gasteiger partial charge in [-0.1, -0.05) is 38.5 Å². The molecule has 0 saturated heterocycles. The van der Waals surface area contributed by atoms with Gasteiger partial charge in [-0.15, -0.1) is 0 Å². The molecule has 2 unspecified atom stereocenters. The number of hydrogen-bond donors (Lipinski definition) is 1. The number of hydrogen-bond acceptors (Lipinski definition) is 3. The van der Waals surface area contributed by atoms with Gasteiger partial charge in [0.1, 0.15) is 0 Å². The number of aryl methyl sites for hydroxylation is 1. The van der Waals surface area contributed by atoms with Crippen LogP contribution in [0.25, 0.3) is 0 Å². The maximum atomic E-state index is 12.2. The lowest BCUT2D eigenvalue weighted by molar-refractivity contribution is 0.0147. The minimum absolute atomic E-state index is 0.0734. The standard InChI is InChI=1S/C14H19NO2S/c1-11-5-7-12(8-6-11)18(17)10-14(16,9-15)13(2,3)4/h5-8,16H,10H2,1-4H3. The van der Waals surface area contributed by atoms with Crippen molar-refractivity contribution in [3.05, 3.63) is 29.8 Å². The molecular weight excluding hydrogens is 246 g/mol. The second kappa shape index (κ2) is 5.21. The molecule has 1 aromatic rings. The summed E-state index contributed by atoms with van der Waals surface area (Å²) in [4.78, 5) is 0.638. The van der Waals surface area contributed by atoms with Crippen LogP contribution in [0.3, 0.4) is 0 Å². The first-order chi connectivity index (χ1) is 8.19. The topological polar surface area (TPSA) is 61.1 Å². The average Bonchev–Trinajstić information content (AvgIpc) is 2.28. The van der Waals surface area contributed by atoms with E-state index in [4.69, 9.17) is 5.26 Å². The minimum Gasteiger partial charge on any atom is -0.374 e. The highest BCUT2D eigenvalue weighted by atomic mass is 32.2. The quantitative estimate of drug-likeness (QED) is 0.854. The van der Waals surface area contributed by atoms with E-state index < -0.39 is 21.8 Å². The summed E-state index contributed by atoms with van der Waals surface area (Å²) in [5.74, 6) is -0.0734. The molecule has 0 aliphatic carbocycles. The minimum atomic E-state index is -1.59. The van der Waals surface area contributed by atoms with Crippen molar-refractivity contribution in [3.8, 4) is 6.07 Å². The molecule has 1 rings (SSSR count). The lowest BCUT2D eigenvalue weighted by Gasteiger charge is -2.33. The van der Waals surface area contributed by atoms with Crippen LogP contribution in [-0.4, -0.2) is 20.7 Å². The van der Waals surface area contributed by atoms with Crippen molar-refractivity contribution < 1.29 is 9.32 Å². The van der Waals surface area contributed by atoms with E-state index in [-0.39, 0.29) is 5.75 Å². The molecule has 0 bridgehead atoms. The molecule has 98 valence electrons. The summed E-state index contributed by atoms with van der Waals surface area (Å²) in [6.07, 6.45) is 0. The Morgan fingerprint density at radius 3 is 2.17 bits per heavy atom. The van der Waals surface area contributed by atoms with Gasteiger partial charge in [-0.25, -0.2) is 0 Å². The fourth-order valence-electron chi connectivity index (χ4n) is 1.38. The Hall–Kier alpha value is -1.18. The normalized spacial score (nSPS) is 16.7. The van der Waals surface area contributed by atoms with Gasteiger partial charge in [0.15, 0.2) is 5.60 Å². The van der Waals surface area contributed by atoms with Crippen molar-refractivity contribution in [2.24, 2.45) is 5.41 Å². The second-order valence-corrected chi connectivity index (χ2v) is 6.98. The maximum absolute atomic E-state index is 12.2. The summed E-state index contributed by atoms with van der Waals surface area (Å²) in [7, 11) is -1.38. The van der Waals surface area contributed by atoms with Gasteiger partial charge in [0.05, 0.1) is 22.6 Å². The van der Waals surface area contributed by atoms with Crippen LogP contribution < -0.4 is 0 Å². The Bertz CT molecular complexity index is 482. The molecule has 0 spiro atoms. The summed E-state index contributed by atoms with van der Waals surface area (Å²) < 4.78 is 12.2. The van der Waals surface area contributed by atoms with E-state index >= 15 is 0 Å². The van der Waals surface area contributed by atoms with Crippen LogP contribution >= 0.6 is 0 Å². The molecule has 0 aliphatic rings. The number of aliphatic hydroxyl groups is 1. The van der Waals surface area contributed by atoms with E-state index in [1.54, 1.807) is 32.9 Å². The molecule has 0 amide bonds. The molecule has 4 heteroatoms. The predicted molar refractivity (Wildman–Crippen MR) is 72.5 cm³/mol. The highest BCUT2D eigenvalue weighted by Crippen LogP contribution is 2.31. The largest absolute Gasteiger partial charge is 0.374 e. The first-order valence-corrected chi connectivity index (χ1v) is 7.10. The predicted octanol–water partition coefficient (Wildman–Crippen LogP) is 2.40. The molecule has 0 radical (unpaired) electrons. The molecule has 0 heterocycles. The first kappa shape index (κ1) is 14.9. The van der Waals surface area contributed by atoms with Crippen molar-refractivity contribution in [2.45, 2.75) is 38.2 Å². The SMILES string of the molecule is Cc1ccc(S(=O)CC(O)(C#N)C(C)(C)C)cc1. The summed E-state index contributed by atoms with van der Waals surface area (Å²) in [5.41, 5.74) is -1.15. The third-order valence-electron chi connectivity index (χ3n) is 3.05. The lowest BCUT2D eigenvalue weighted by Crippen LogP contribution is -2.46. The highest BCUT2D eigenvalue weighted by Gasteiger charge is 2.42. The van der Waals surface area contributed by atoms with Crippen molar-refractivity contribution in [3.63, 3.8) is 0 Å². The van der Waals surface area contributed by atoms with Gasteiger partial charge in [0.2, 0.25) is 0 Å². The molecule has 1 aromatic carbocycles.